The van der Waals surface area contributed by atoms with Gasteiger partial charge in [0.2, 0.25) is 5.91 Å². The maximum absolute atomic E-state index is 12.7. The van der Waals surface area contributed by atoms with Crippen LogP contribution in [0.2, 0.25) is 10.0 Å². The average Bonchev–Trinajstić information content (AvgIpc) is 2.70. The van der Waals surface area contributed by atoms with Crippen LogP contribution in [0.4, 0.5) is 11.4 Å². The number of hydrogen-bond acceptors (Lipinski definition) is 5. The SMILES string of the molecule is COc1cc([N+](=O)[O-])c(Cl)cc1NC(=O)C1CCN(Cc2ccc(Cl)cc2)CC1. The van der Waals surface area contributed by atoms with Crippen LogP contribution in [0.5, 0.6) is 5.75 Å². The summed E-state index contributed by atoms with van der Waals surface area (Å²) in [5.41, 5.74) is 1.25. The number of nitrogens with zero attached hydrogens (tertiary/aromatic N) is 2. The van der Waals surface area contributed by atoms with Gasteiger partial charge < -0.3 is 10.1 Å². The number of methoxy groups -OCH3 is 1. The summed E-state index contributed by atoms with van der Waals surface area (Å²) in [5, 5.41) is 14.5. The number of nitro groups is 1. The molecule has 0 atom stereocenters. The van der Waals surface area contributed by atoms with Gasteiger partial charge in [-0.25, -0.2) is 0 Å². The van der Waals surface area contributed by atoms with Crippen molar-refractivity contribution in [2.24, 2.45) is 5.92 Å². The molecule has 2 aromatic carbocycles. The maximum Gasteiger partial charge on any atom is 0.291 e. The number of carbonyl (C=O) groups is 1. The molecule has 2 aromatic rings. The van der Waals surface area contributed by atoms with E-state index in [1.165, 1.54) is 24.8 Å². The molecule has 1 heterocycles. The number of amides is 1. The lowest BCUT2D eigenvalue weighted by molar-refractivity contribution is -0.384. The minimum absolute atomic E-state index is 0.0520. The molecule has 1 N–H and O–H groups in total. The summed E-state index contributed by atoms with van der Waals surface area (Å²) < 4.78 is 5.18. The summed E-state index contributed by atoms with van der Waals surface area (Å²) in [6.07, 6.45) is 1.45. The summed E-state index contributed by atoms with van der Waals surface area (Å²) in [4.78, 5) is 25.4. The molecule has 0 bridgehead atoms. The first-order chi connectivity index (χ1) is 13.9. The Bertz CT molecular complexity index is 897. The first kappa shape index (κ1) is 21.4. The predicted octanol–water partition coefficient (Wildman–Crippen LogP) is 4.76. The molecule has 0 spiro atoms. The average molecular weight is 438 g/mol. The first-order valence-corrected chi connectivity index (χ1v) is 9.92. The number of benzene rings is 2. The zero-order chi connectivity index (χ0) is 21.0. The number of nitro benzene ring substituents is 1. The van der Waals surface area contributed by atoms with Gasteiger partial charge in [0.05, 0.1) is 23.8 Å². The van der Waals surface area contributed by atoms with E-state index >= 15 is 0 Å². The molecule has 7 nitrogen and oxygen atoms in total. The Morgan fingerprint density at radius 2 is 1.90 bits per heavy atom. The molecule has 1 amide bonds. The molecule has 29 heavy (non-hydrogen) atoms. The van der Waals surface area contributed by atoms with Gasteiger partial charge in [-0.15, -0.1) is 0 Å². The highest BCUT2D eigenvalue weighted by Crippen LogP contribution is 2.36. The quantitative estimate of drug-likeness (QED) is 0.519. The molecule has 3 rings (SSSR count). The highest BCUT2D eigenvalue weighted by atomic mass is 35.5. The number of ether oxygens (including phenoxy) is 1. The number of rotatable bonds is 6. The van der Waals surface area contributed by atoms with E-state index in [1.54, 1.807) is 0 Å². The Labute approximate surface area is 178 Å². The lowest BCUT2D eigenvalue weighted by Crippen LogP contribution is -2.37. The highest BCUT2D eigenvalue weighted by molar-refractivity contribution is 6.33. The normalized spacial score (nSPS) is 15.1. The van der Waals surface area contributed by atoms with Crippen LogP contribution in [0.1, 0.15) is 18.4 Å². The van der Waals surface area contributed by atoms with Crippen LogP contribution in [-0.2, 0) is 11.3 Å². The molecule has 1 fully saturated rings. The largest absolute Gasteiger partial charge is 0.494 e. The van der Waals surface area contributed by atoms with E-state index < -0.39 is 4.92 Å². The van der Waals surface area contributed by atoms with Crippen LogP contribution in [0.25, 0.3) is 0 Å². The standard InChI is InChI=1S/C20H21Cl2N3O4/c1-29-19-11-18(25(27)28)16(22)10-17(19)23-20(26)14-6-8-24(9-7-14)12-13-2-4-15(21)5-3-13/h2-5,10-11,14H,6-9,12H2,1H3,(H,23,26). The van der Waals surface area contributed by atoms with Crippen molar-refractivity contribution < 1.29 is 14.5 Å². The van der Waals surface area contributed by atoms with Crippen LogP contribution in [-0.4, -0.2) is 35.9 Å². The van der Waals surface area contributed by atoms with E-state index in [4.69, 9.17) is 27.9 Å². The fraction of sp³-hybridized carbons (Fsp3) is 0.350. The molecule has 9 heteroatoms. The highest BCUT2D eigenvalue weighted by Gasteiger charge is 2.26. The molecule has 1 aliphatic rings. The van der Waals surface area contributed by atoms with Crippen molar-refractivity contribution in [1.29, 1.82) is 0 Å². The second-order valence-corrected chi connectivity index (χ2v) is 7.77. The van der Waals surface area contributed by atoms with Crippen molar-refractivity contribution in [3.63, 3.8) is 0 Å². The van der Waals surface area contributed by atoms with Crippen molar-refractivity contribution in [2.45, 2.75) is 19.4 Å². The van der Waals surface area contributed by atoms with E-state index in [0.717, 1.165) is 32.5 Å². The summed E-state index contributed by atoms with van der Waals surface area (Å²) in [5.74, 6) is -0.0795. The Balaban J connectivity index is 1.59. The van der Waals surface area contributed by atoms with E-state index in [1.807, 2.05) is 24.3 Å². The third kappa shape index (κ3) is 5.38. The third-order valence-electron chi connectivity index (χ3n) is 5.00. The number of hydrogen-bond donors (Lipinski definition) is 1. The van der Waals surface area contributed by atoms with Crippen LogP contribution in [0, 0.1) is 16.0 Å². The third-order valence-corrected chi connectivity index (χ3v) is 5.56. The summed E-state index contributed by atoms with van der Waals surface area (Å²) in [7, 11) is 1.39. The van der Waals surface area contributed by atoms with E-state index in [9.17, 15) is 14.9 Å². The van der Waals surface area contributed by atoms with Crippen molar-refractivity contribution in [2.75, 3.05) is 25.5 Å². The lowest BCUT2D eigenvalue weighted by atomic mass is 9.95. The predicted molar refractivity (Wildman–Crippen MR) is 113 cm³/mol. The summed E-state index contributed by atoms with van der Waals surface area (Å²) >= 11 is 11.9. The van der Waals surface area contributed by atoms with Gasteiger partial charge in [-0.1, -0.05) is 35.3 Å². The van der Waals surface area contributed by atoms with Gasteiger partial charge >= 0.3 is 0 Å². The van der Waals surface area contributed by atoms with Gasteiger partial charge in [0.15, 0.2) is 0 Å². The molecule has 0 saturated carbocycles. The number of piperidine rings is 1. The van der Waals surface area contributed by atoms with Gasteiger partial charge in [-0.05, 0) is 49.7 Å². The molecule has 154 valence electrons. The van der Waals surface area contributed by atoms with Crippen LogP contribution >= 0.6 is 23.2 Å². The zero-order valence-electron chi connectivity index (χ0n) is 15.9. The number of nitrogens with one attached hydrogen (secondary N) is 1. The molecule has 0 aromatic heterocycles. The van der Waals surface area contributed by atoms with E-state index in [-0.39, 0.29) is 28.3 Å². The second-order valence-electron chi connectivity index (χ2n) is 6.93. The zero-order valence-corrected chi connectivity index (χ0v) is 17.4. The van der Waals surface area contributed by atoms with Crippen molar-refractivity contribution >= 4 is 40.5 Å². The van der Waals surface area contributed by atoms with Crippen LogP contribution in [0.3, 0.4) is 0 Å². The van der Waals surface area contributed by atoms with Gasteiger partial charge in [-0.3, -0.25) is 19.8 Å². The number of halogens is 2. The Morgan fingerprint density at radius 1 is 1.24 bits per heavy atom. The topological polar surface area (TPSA) is 84.7 Å². The van der Waals surface area contributed by atoms with E-state index in [0.29, 0.717) is 10.7 Å². The van der Waals surface area contributed by atoms with Crippen LogP contribution in [0.15, 0.2) is 36.4 Å². The Hall–Kier alpha value is -2.35. The smallest absolute Gasteiger partial charge is 0.291 e. The van der Waals surface area contributed by atoms with Gasteiger partial charge in [0.25, 0.3) is 5.69 Å². The summed E-state index contributed by atoms with van der Waals surface area (Å²) in [6, 6.07) is 10.3. The van der Waals surface area contributed by atoms with Crippen molar-refractivity contribution in [3.8, 4) is 5.75 Å². The summed E-state index contributed by atoms with van der Waals surface area (Å²) in [6.45, 7) is 2.43. The molecular weight excluding hydrogens is 417 g/mol. The molecule has 1 aliphatic heterocycles. The van der Waals surface area contributed by atoms with E-state index in [2.05, 4.69) is 10.2 Å². The second kappa shape index (κ2) is 9.43. The fourth-order valence-electron chi connectivity index (χ4n) is 3.39. The number of anilines is 1. The minimum atomic E-state index is -0.590. The molecule has 0 aliphatic carbocycles. The minimum Gasteiger partial charge on any atom is -0.494 e. The Morgan fingerprint density at radius 3 is 2.48 bits per heavy atom. The Kier molecular flexibility index (Phi) is 6.95. The maximum atomic E-state index is 12.7. The lowest BCUT2D eigenvalue weighted by Gasteiger charge is -2.31. The molecular formula is C20H21Cl2N3O4. The van der Waals surface area contributed by atoms with Crippen molar-refractivity contribution in [1.82, 2.24) is 4.90 Å². The molecule has 0 unspecified atom stereocenters. The monoisotopic (exact) mass is 437 g/mol. The van der Waals surface area contributed by atoms with Crippen LogP contribution < -0.4 is 10.1 Å². The molecule has 1 saturated heterocycles. The molecule has 0 radical (unpaired) electrons. The van der Waals surface area contributed by atoms with Gasteiger partial charge in [-0.2, -0.15) is 0 Å². The van der Waals surface area contributed by atoms with Crippen molar-refractivity contribution in [3.05, 3.63) is 62.1 Å². The fourth-order valence-corrected chi connectivity index (χ4v) is 3.74. The van der Waals surface area contributed by atoms with Gasteiger partial charge in [0, 0.05) is 17.5 Å². The van der Waals surface area contributed by atoms with Gasteiger partial charge in [0.1, 0.15) is 10.8 Å². The number of likely N-dealkylation sites (tertiary alicyclic amines) is 1. The number of carbonyl (C=O) groups excluding carboxylic acids is 1. The first-order valence-electron chi connectivity index (χ1n) is 9.17.